The van der Waals surface area contributed by atoms with Gasteiger partial charge in [0.1, 0.15) is 0 Å². The van der Waals surface area contributed by atoms with Gasteiger partial charge in [0.25, 0.3) is 0 Å². The number of para-hydroxylation sites is 1. The van der Waals surface area contributed by atoms with Crippen molar-refractivity contribution >= 4 is 33.5 Å². The van der Waals surface area contributed by atoms with Gasteiger partial charge >= 0.3 is 5.97 Å². The number of halogens is 1. The van der Waals surface area contributed by atoms with Crippen LogP contribution in [0, 0.1) is 5.41 Å². The highest BCUT2D eigenvalue weighted by Gasteiger charge is 2.28. The quantitative estimate of drug-likeness (QED) is 0.794. The Morgan fingerprint density at radius 2 is 1.95 bits per heavy atom. The van der Waals surface area contributed by atoms with Crippen LogP contribution >= 0.6 is 15.9 Å². The van der Waals surface area contributed by atoms with Crippen LogP contribution in [-0.4, -0.2) is 23.0 Å². The smallest absolute Gasteiger partial charge is 0.337 e. The zero-order valence-electron chi connectivity index (χ0n) is 11.0. The molecule has 5 nitrogen and oxygen atoms in total. The minimum Gasteiger partial charge on any atom is -0.478 e. The predicted molar refractivity (Wildman–Crippen MR) is 77.2 cm³/mol. The summed E-state index contributed by atoms with van der Waals surface area (Å²) in [5.41, 5.74) is 5.67. The fourth-order valence-corrected chi connectivity index (χ4v) is 1.89. The fourth-order valence-electron chi connectivity index (χ4n) is 1.42. The van der Waals surface area contributed by atoms with Gasteiger partial charge in [0, 0.05) is 4.47 Å². The Kier molecular flexibility index (Phi) is 4.70. The van der Waals surface area contributed by atoms with Crippen LogP contribution in [0.4, 0.5) is 5.69 Å². The number of amides is 1. The van der Waals surface area contributed by atoms with E-state index in [4.69, 9.17) is 10.8 Å². The Morgan fingerprint density at radius 1 is 1.37 bits per heavy atom. The second-order valence-electron chi connectivity index (χ2n) is 5.30. The monoisotopic (exact) mass is 328 g/mol. The molecule has 0 heterocycles. The van der Waals surface area contributed by atoms with E-state index in [0.717, 1.165) is 0 Å². The van der Waals surface area contributed by atoms with Gasteiger partial charge in [0.2, 0.25) is 5.91 Å². The lowest BCUT2D eigenvalue weighted by molar-refractivity contribution is -0.119. The highest BCUT2D eigenvalue weighted by Crippen LogP contribution is 2.27. The summed E-state index contributed by atoms with van der Waals surface area (Å²) < 4.78 is 0.502. The molecule has 0 fully saturated rings. The molecule has 0 unspecified atom stereocenters. The van der Waals surface area contributed by atoms with Crippen LogP contribution in [-0.2, 0) is 4.79 Å². The summed E-state index contributed by atoms with van der Waals surface area (Å²) in [4.78, 5) is 23.2. The highest BCUT2D eigenvalue weighted by molar-refractivity contribution is 9.10. The van der Waals surface area contributed by atoms with Crippen molar-refractivity contribution in [3.05, 3.63) is 28.2 Å². The van der Waals surface area contributed by atoms with Gasteiger partial charge in [0.05, 0.1) is 17.3 Å². The first kappa shape index (κ1) is 15.7. The number of nitrogens with one attached hydrogen (secondary N) is 1. The Labute approximate surface area is 120 Å². The SMILES string of the molecule is CC(C)(C)[C@@H](N)C(=O)Nc1c(Br)cccc1C(=O)O. The third kappa shape index (κ3) is 3.78. The van der Waals surface area contributed by atoms with Crippen LogP contribution in [0.15, 0.2) is 22.7 Å². The van der Waals surface area contributed by atoms with Crippen LogP contribution in [0.5, 0.6) is 0 Å². The topological polar surface area (TPSA) is 92.4 Å². The first-order valence-corrected chi connectivity index (χ1v) is 6.52. The Hall–Kier alpha value is -1.40. The van der Waals surface area contributed by atoms with Crippen molar-refractivity contribution in [3.63, 3.8) is 0 Å². The number of carbonyl (C=O) groups excluding carboxylic acids is 1. The molecule has 4 N–H and O–H groups in total. The number of carboxylic acid groups (broad SMARTS) is 1. The van der Waals surface area contributed by atoms with E-state index in [0.29, 0.717) is 4.47 Å². The van der Waals surface area contributed by atoms with E-state index >= 15 is 0 Å². The van der Waals surface area contributed by atoms with Crippen molar-refractivity contribution in [2.45, 2.75) is 26.8 Å². The Balaban J connectivity index is 3.07. The first-order valence-electron chi connectivity index (χ1n) is 5.73. The maximum atomic E-state index is 12.0. The second kappa shape index (κ2) is 5.71. The van der Waals surface area contributed by atoms with Gasteiger partial charge in [-0.15, -0.1) is 0 Å². The van der Waals surface area contributed by atoms with E-state index in [1.165, 1.54) is 6.07 Å². The van der Waals surface area contributed by atoms with Gasteiger partial charge in [0.15, 0.2) is 0 Å². The van der Waals surface area contributed by atoms with Crippen LogP contribution in [0.2, 0.25) is 0 Å². The molecule has 0 spiro atoms. The summed E-state index contributed by atoms with van der Waals surface area (Å²) in [7, 11) is 0. The summed E-state index contributed by atoms with van der Waals surface area (Å²) in [6.07, 6.45) is 0. The van der Waals surface area contributed by atoms with E-state index in [1.807, 2.05) is 20.8 Å². The van der Waals surface area contributed by atoms with Crippen molar-refractivity contribution in [2.75, 3.05) is 5.32 Å². The van der Waals surface area contributed by atoms with Gasteiger partial charge in [-0.05, 0) is 33.5 Å². The number of carboxylic acids is 1. The standard InChI is InChI=1S/C13H17BrN2O3/c1-13(2,3)10(15)11(17)16-9-7(12(18)19)5-4-6-8(9)14/h4-6,10H,15H2,1-3H3,(H,16,17)(H,18,19)/t10-/m0/s1. The summed E-state index contributed by atoms with van der Waals surface area (Å²) in [6, 6.07) is 3.93. The van der Waals surface area contributed by atoms with E-state index in [2.05, 4.69) is 21.2 Å². The fraction of sp³-hybridized carbons (Fsp3) is 0.385. The van der Waals surface area contributed by atoms with E-state index in [-0.39, 0.29) is 11.3 Å². The molecule has 1 amide bonds. The normalized spacial score (nSPS) is 12.9. The van der Waals surface area contributed by atoms with Crippen LogP contribution < -0.4 is 11.1 Å². The molecule has 0 aromatic heterocycles. The molecular weight excluding hydrogens is 312 g/mol. The molecule has 0 aliphatic heterocycles. The van der Waals surface area contributed by atoms with Crippen molar-refractivity contribution in [3.8, 4) is 0 Å². The summed E-state index contributed by atoms with van der Waals surface area (Å²) in [5, 5.41) is 11.7. The van der Waals surface area contributed by atoms with Crippen molar-refractivity contribution < 1.29 is 14.7 Å². The summed E-state index contributed by atoms with van der Waals surface area (Å²) in [5.74, 6) is -1.53. The summed E-state index contributed by atoms with van der Waals surface area (Å²) >= 11 is 3.22. The molecule has 0 saturated carbocycles. The van der Waals surface area contributed by atoms with Crippen LogP contribution in [0.1, 0.15) is 31.1 Å². The van der Waals surface area contributed by atoms with Crippen LogP contribution in [0.25, 0.3) is 0 Å². The largest absolute Gasteiger partial charge is 0.478 e. The number of benzene rings is 1. The Bertz CT molecular complexity index is 509. The molecule has 0 aliphatic rings. The lowest BCUT2D eigenvalue weighted by Crippen LogP contribution is -2.45. The first-order chi connectivity index (χ1) is 8.64. The molecule has 1 aromatic carbocycles. The van der Waals surface area contributed by atoms with Gasteiger partial charge in [-0.25, -0.2) is 4.79 Å². The van der Waals surface area contributed by atoms with Crippen molar-refractivity contribution in [2.24, 2.45) is 11.1 Å². The zero-order valence-corrected chi connectivity index (χ0v) is 12.6. The number of hydrogen-bond acceptors (Lipinski definition) is 3. The number of hydrogen-bond donors (Lipinski definition) is 3. The maximum Gasteiger partial charge on any atom is 0.337 e. The van der Waals surface area contributed by atoms with Crippen molar-refractivity contribution in [1.29, 1.82) is 0 Å². The third-order valence-corrected chi connectivity index (χ3v) is 3.37. The van der Waals surface area contributed by atoms with Crippen molar-refractivity contribution in [1.82, 2.24) is 0 Å². The predicted octanol–water partition coefficient (Wildman–Crippen LogP) is 2.46. The minimum absolute atomic E-state index is 0.0174. The van der Waals surface area contributed by atoms with Crippen LogP contribution in [0.3, 0.4) is 0 Å². The average molecular weight is 329 g/mol. The molecule has 0 bridgehead atoms. The van der Waals surface area contributed by atoms with Gasteiger partial charge in [-0.2, -0.15) is 0 Å². The molecule has 0 radical (unpaired) electrons. The lowest BCUT2D eigenvalue weighted by Gasteiger charge is -2.26. The minimum atomic E-state index is -1.11. The van der Waals surface area contributed by atoms with Gasteiger partial charge < -0.3 is 16.2 Å². The maximum absolute atomic E-state index is 12.0. The molecular formula is C13H17BrN2O3. The molecule has 6 heteroatoms. The molecule has 104 valence electrons. The number of nitrogens with two attached hydrogens (primary N) is 1. The molecule has 0 saturated heterocycles. The average Bonchev–Trinajstić information content (AvgIpc) is 2.29. The lowest BCUT2D eigenvalue weighted by atomic mass is 9.87. The molecule has 19 heavy (non-hydrogen) atoms. The van der Waals surface area contributed by atoms with Gasteiger partial charge in [-0.1, -0.05) is 26.8 Å². The number of anilines is 1. The number of carbonyl (C=O) groups is 2. The number of aromatic carboxylic acids is 1. The van der Waals surface area contributed by atoms with Gasteiger partial charge in [-0.3, -0.25) is 4.79 Å². The molecule has 1 atom stereocenters. The van der Waals surface area contributed by atoms with E-state index < -0.39 is 23.3 Å². The van der Waals surface area contributed by atoms with E-state index in [1.54, 1.807) is 12.1 Å². The summed E-state index contributed by atoms with van der Waals surface area (Å²) in [6.45, 7) is 5.53. The second-order valence-corrected chi connectivity index (χ2v) is 6.15. The molecule has 0 aliphatic carbocycles. The Morgan fingerprint density at radius 3 is 2.42 bits per heavy atom. The highest BCUT2D eigenvalue weighted by atomic mass is 79.9. The molecule has 1 rings (SSSR count). The third-order valence-electron chi connectivity index (χ3n) is 2.71. The number of rotatable bonds is 3. The van der Waals surface area contributed by atoms with E-state index in [9.17, 15) is 9.59 Å². The molecule has 1 aromatic rings. The zero-order chi connectivity index (χ0) is 14.8.